The van der Waals surface area contributed by atoms with Gasteiger partial charge >= 0.3 is 5.97 Å². The molecule has 28 heavy (non-hydrogen) atoms. The molecule has 1 aromatic heterocycles. The number of ether oxygens (including phenoxy) is 1. The van der Waals surface area contributed by atoms with Crippen LogP contribution >= 0.6 is 0 Å². The number of aromatic nitrogens is 1. The van der Waals surface area contributed by atoms with Crippen molar-refractivity contribution < 1.29 is 27.6 Å². The fourth-order valence-corrected chi connectivity index (χ4v) is 3.91. The van der Waals surface area contributed by atoms with Crippen molar-refractivity contribution in [2.75, 3.05) is 5.75 Å². The maximum absolute atomic E-state index is 11.9. The molecule has 0 atom stereocenters. The predicted octanol–water partition coefficient (Wildman–Crippen LogP) is 3.40. The van der Waals surface area contributed by atoms with Gasteiger partial charge in [-0.15, -0.1) is 0 Å². The summed E-state index contributed by atoms with van der Waals surface area (Å²) in [7, 11) is -3.85. The van der Waals surface area contributed by atoms with E-state index < -0.39 is 21.6 Å². The van der Waals surface area contributed by atoms with Gasteiger partial charge < -0.3 is 14.4 Å². The number of carboxylic acids is 1. The van der Waals surface area contributed by atoms with Crippen molar-refractivity contribution >= 4 is 15.8 Å². The van der Waals surface area contributed by atoms with Crippen molar-refractivity contribution in [1.29, 1.82) is 0 Å². The van der Waals surface area contributed by atoms with Crippen molar-refractivity contribution in [2.45, 2.75) is 25.3 Å². The monoisotopic (exact) mass is 401 g/mol. The zero-order valence-electron chi connectivity index (χ0n) is 15.4. The van der Waals surface area contributed by atoms with E-state index in [-0.39, 0.29) is 4.90 Å². The first kappa shape index (κ1) is 19.6. The first-order chi connectivity index (χ1) is 13.3. The van der Waals surface area contributed by atoms with Gasteiger partial charge in [0, 0.05) is 5.56 Å². The number of aryl methyl sites for hydroxylation is 2. The molecule has 0 saturated carbocycles. The Morgan fingerprint density at radius 1 is 1.14 bits per heavy atom. The number of benzene rings is 2. The highest BCUT2D eigenvalue weighted by Gasteiger charge is 2.18. The summed E-state index contributed by atoms with van der Waals surface area (Å²) >= 11 is 0. The molecule has 0 spiro atoms. The van der Waals surface area contributed by atoms with Gasteiger partial charge in [-0.3, -0.25) is 4.79 Å². The average molecular weight is 401 g/mol. The Labute approximate surface area is 162 Å². The van der Waals surface area contributed by atoms with Gasteiger partial charge in [-0.25, -0.2) is 8.42 Å². The van der Waals surface area contributed by atoms with Crippen molar-refractivity contribution in [3.63, 3.8) is 0 Å². The van der Waals surface area contributed by atoms with Crippen LogP contribution in [0.2, 0.25) is 0 Å². The quantitative estimate of drug-likeness (QED) is 0.646. The van der Waals surface area contributed by atoms with E-state index in [1.807, 2.05) is 38.1 Å². The van der Waals surface area contributed by atoms with Gasteiger partial charge in [0.05, 0.1) is 10.6 Å². The summed E-state index contributed by atoms with van der Waals surface area (Å²) in [5.41, 5.74) is 3.68. The molecular weight excluding hydrogens is 382 g/mol. The number of hydrogen-bond acceptors (Lipinski definition) is 6. The second-order valence-corrected chi connectivity index (χ2v) is 8.30. The van der Waals surface area contributed by atoms with Gasteiger partial charge in [-0.1, -0.05) is 23.4 Å². The summed E-state index contributed by atoms with van der Waals surface area (Å²) in [5, 5.41) is 12.7. The van der Waals surface area contributed by atoms with Gasteiger partial charge in [0.25, 0.3) is 0 Å². The van der Waals surface area contributed by atoms with Crippen molar-refractivity contribution in [3.05, 3.63) is 65.5 Å². The molecule has 1 heterocycles. The number of hydrogen-bond donors (Lipinski definition) is 1. The molecular formula is C20H19NO6S. The number of carbonyl (C=O) groups is 1. The van der Waals surface area contributed by atoms with Gasteiger partial charge in [0.2, 0.25) is 0 Å². The maximum Gasteiger partial charge on any atom is 0.319 e. The molecule has 2 aromatic carbocycles. The van der Waals surface area contributed by atoms with Crippen LogP contribution in [0.4, 0.5) is 0 Å². The number of rotatable bonds is 7. The van der Waals surface area contributed by atoms with E-state index in [9.17, 15) is 13.2 Å². The maximum atomic E-state index is 11.9. The second-order valence-electron chi connectivity index (χ2n) is 6.31. The van der Waals surface area contributed by atoms with E-state index >= 15 is 0 Å². The van der Waals surface area contributed by atoms with E-state index in [1.54, 1.807) is 0 Å². The topological polar surface area (TPSA) is 107 Å². The Hall–Kier alpha value is -3.13. The van der Waals surface area contributed by atoms with Crippen molar-refractivity contribution in [3.8, 4) is 16.9 Å². The Morgan fingerprint density at radius 3 is 2.46 bits per heavy atom. The predicted molar refractivity (Wildman–Crippen MR) is 102 cm³/mol. The van der Waals surface area contributed by atoms with Gasteiger partial charge in [-0.2, -0.15) is 0 Å². The SMILES string of the molecule is Cc1noc(C)c1-c1cccc(COc2ccc(S(=O)(=O)CC(=O)O)cc2)c1. The Morgan fingerprint density at radius 2 is 1.86 bits per heavy atom. The van der Waals surface area contributed by atoms with Gasteiger partial charge in [-0.05, 0) is 55.3 Å². The highest BCUT2D eigenvalue weighted by molar-refractivity contribution is 7.92. The zero-order valence-corrected chi connectivity index (χ0v) is 16.2. The number of carboxylic acid groups (broad SMARTS) is 1. The molecule has 0 aliphatic rings. The summed E-state index contributed by atoms with van der Waals surface area (Å²) in [4.78, 5) is 10.6. The highest BCUT2D eigenvalue weighted by Crippen LogP contribution is 2.27. The molecule has 0 radical (unpaired) electrons. The van der Waals surface area contributed by atoms with Crippen LogP contribution in [-0.4, -0.2) is 30.4 Å². The highest BCUT2D eigenvalue weighted by atomic mass is 32.2. The molecule has 3 aromatic rings. The molecule has 0 fully saturated rings. The lowest BCUT2D eigenvalue weighted by atomic mass is 10.0. The lowest BCUT2D eigenvalue weighted by Crippen LogP contribution is -2.15. The molecule has 0 aliphatic heterocycles. The van der Waals surface area contributed by atoms with Gasteiger partial charge in [0.15, 0.2) is 15.6 Å². The van der Waals surface area contributed by atoms with Crippen LogP contribution in [0.5, 0.6) is 5.75 Å². The lowest BCUT2D eigenvalue weighted by Gasteiger charge is -2.09. The molecule has 0 aliphatic carbocycles. The molecule has 3 rings (SSSR count). The lowest BCUT2D eigenvalue weighted by molar-refractivity contribution is -0.134. The van der Waals surface area contributed by atoms with Crippen LogP contribution in [0, 0.1) is 13.8 Å². The standard InChI is InChI=1S/C20H19NO6S/c1-13-20(14(2)27-21-13)16-5-3-4-15(10-16)11-26-17-6-8-18(9-7-17)28(24,25)12-19(22)23/h3-10H,11-12H2,1-2H3,(H,22,23). The number of sulfone groups is 1. The summed E-state index contributed by atoms with van der Waals surface area (Å²) in [6, 6.07) is 13.5. The fourth-order valence-electron chi connectivity index (χ4n) is 2.87. The molecule has 7 nitrogen and oxygen atoms in total. The minimum absolute atomic E-state index is 0.0531. The van der Waals surface area contributed by atoms with Crippen LogP contribution in [0.1, 0.15) is 17.0 Å². The van der Waals surface area contributed by atoms with Crippen LogP contribution < -0.4 is 4.74 Å². The first-order valence-electron chi connectivity index (χ1n) is 8.46. The molecule has 8 heteroatoms. The van der Waals surface area contributed by atoms with E-state index in [4.69, 9.17) is 14.4 Å². The fraction of sp³-hybridized carbons (Fsp3) is 0.200. The number of aliphatic carboxylic acids is 1. The summed E-state index contributed by atoms with van der Waals surface area (Å²) in [6.07, 6.45) is 0. The zero-order chi connectivity index (χ0) is 20.3. The van der Waals surface area contributed by atoms with Gasteiger partial charge in [0.1, 0.15) is 18.1 Å². The minimum Gasteiger partial charge on any atom is -0.489 e. The molecule has 0 saturated heterocycles. The normalized spacial score (nSPS) is 11.4. The van der Waals surface area contributed by atoms with E-state index in [0.29, 0.717) is 12.4 Å². The van der Waals surface area contributed by atoms with Crippen molar-refractivity contribution in [1.82, 2.24) is 5.16 Å². The third-order valence-electron chi connectivity index (χ3n) is 4.15. The largest absolute Gasteiger partial charge is 0.489 e. The Kier molecular flexibility index (Phi) is 5.51. The minimum atomic E-state index is -3.85. The molecule has 0 bridgehead atoms. The summed E-state index contributed by atoms with van der Waals surface area (Å²) in [6.45, 7) is 4.03. The molecule has 1 N–H and O–H groups in total. The average Bonchev–Trinajstić information content (AvgIpc) is 2.98. The molecule has 146 valence electrons. The van der Waals surface area contributed by atoms with E-state index in [1.165, 1.54) is 24.3 Å². The molecule has 0 unspecified atom stereocenters. The Balaban J connectivity index is 1.71. The summed E-state index contributed by atoms with van der Waals surface area (Å²) in [5.74, 6) is -1.11. The Bertz CT molecular complexity index is 1080. The van der Waals surface area contributed by atoms with Crippen molar-refractivity contribution in [2.24, 2.45) is 0 Å². The molecule has 0 amide bonds. The van der Waals surface area contributed by atoms with Crippen LogP contribution in [0.15, 0.2) is 57.9 Å². The van der Waals surface area contributed by atoms with E-state index in [2.05, 4.69) is 5.16 Å². The summed E-state index contributed by atoms with van der Waals surface area (Å²) < 4.78 is 34.7. The van der Waals surface area contributed by atoms with Crippen LogP contribution in [-0.2, 0) is 21.2 Å². The third-order valence-corrected chi connectivity index (χ3v) is 5.77. The van der Waals surface area contributed by atoms with E-state index in [0.717, 1.165) is 28.1 Å². The first-order valence-corrected chi connectivity index (χ1v) is 10.1. The van der Waals surface area contributed by atoms with Crippen LogP contribution in [0.3, 0.4) is 0 Å². The number of nitrogens with zero attached hydrogens (tertiary/aromatic N) is 1. The smallest absolute Gasteiger partial charge is 0.319 e. The third kappa shape index (κ3) is 4.40. The second kappa shape index (κ2) is 7.85. The van der Waals surface area contributed by atoms with Crippen LogP contribution in [0.25, 0.3) is 11.1 Å².